The number of phenols is 2. The molecule has 108 heavy (non-hydrogen) atoms. The van der Waals surface area contributed by atoms with Crippen LogP contribution in [0.5, 0.6) is 11.5 Å². The molecule has 1 fully saturated rings. The first-order valence-electron chi connectivity index (χ1n) is 32.2. The van der Waals surface area contributed by atoms with Gasteiger partial charge in [-0.2, -0.15) is 88.9 Å². The van der Waals surface area contributed by atoms with Gasteiger partial charge in [0.05, 0.1) is 25.1 Å². The van der Waals surface area contributed by atoms with Crippen molar-refractivity contribution in [3.05, 3.63) is 59.7 Å². The Bertz CT molecular complexity index is 3530. The number of benzene rings is 2. The number of hydrogen-bond donors (Lipinski definition) is 26. The first-order valence-corrected chi connectivity index (χ1v) is 35.9. The fourth-order valence-corrected chi connectivity index (χ4v) is 10.9. The highest BCUT2D eigenvalue weighted by Gasteiger charge is 2.42. The Morgan fingerprint density at radius 1 is 0.509 bits per heavy atom. The van der Waals surface area contributed by atoms with Crippen molar-refractivity contribution in [3.8, 4) is 11.5 Å². The van der Waals surface area contributed by atoms with Gasteiger partial charge in [-0.25, -0.2) is 9.59 Å². The number of primary amides is 1. The Morgan fingerprint density at radius 2 is 0.889 bits per heavy atom. The Labute approximate surface area is 646 Å². The summed E-state index contributed by atoms with van der Waals surface area (Å²) in [6.45, 7) is 1.38. The van der Waals surface area contributed by atoms with Gasteiger partial charge in [-0.3, -0.25) is 71.9 Å². The highest BCUT2D eigenvalue weighted by Crippen LogP contribution is 2.21. The molecule has 14 atom stereocenters. The van der Waals surface area contributed by atoms with Crippen LogP contribution in [0.3, 0.4) is 0 Å². The number of carbonyl (C=O) groups is 17. The molecule has 1 heterocycles. The van der Waals surface area contributed by atoms with Crippen molar-refractivity contribution in [2.75, 3.05) is 47.6 Å². The monoisotopic (exact) mass is 1650 g/mol. The number of likely N-dealkylation sites (tertiary alicyclic amines) is 1. The molecule has 2 aromatic carbocycles. The van der Waals surface area contributed by atoms with E-state index in [0.717, 1.165) is 11.8 Å². The lowest BCUT2D eigenvalue weighted by atomic mass is 10.0. The van der Waals surface area contributed by atoms with Crippen molar-refractivity contribution in [2.45, 2.75) is 150 Å². The fraction of sp³-hybridized carbons (Fsp3) is 0.525. The van der Waals surface area contributed by atoms with Crippen LogP contribution in [-0.4, -0.2) is 275 Å². The number of carboxylic acids is 3. The molecule has 0 aliphatic carbocycles. The summed E-state index contributed by atoms with van der Waals surface area (Å²) in [5.41, 5.74) is 12.0. The second-order valence-electron chi connectivity index (χ2n) is 23.7. The van der Waals surface area contributed by atoms with Crippen LogP contribution in [0.2, 0.25) is 0 Å². The molecule has 0 aromatic heterocycles. The number of thiol groups is 6. The SMILES string of the molecule is CC(NC(=O)C1CCCN1C(=O)C(CC(N)=O)NC(=O)C(CS)NC(=O)C(CS)NC(=O)C(Cc1ccc(O)cc1)NC(=O)C(CCC(=O)O)NC(=O)C(CS)NC(=O)C(N)CS)C(=O)NC(CS)C(=O)NC(C(=O)NCC(=O)NC(CS)C(=O)NC(Cc1ccc(O)cc1)C(=O)O)C(C)O.O=C(O)C(F)(F)F. The average molecular weight is 1650 g/mol. The minimum absolute atomic E-state index is 0.00496. The maximum Gasteiger partial charge on any atom is 0.490 e. The predicted octanol–water partition coefficient (Wildman–Crippen LogP) is -6.91. The van der Waals surface area contributed by atoms with E-state index in [1.807, 2.05) is 0 Å². The summed E-state index contributed by atoms with van der Waals surface area (Å²) in [4.78, 5) is 222. The third kappa shape index (κ3) is 32.7. The largest absolute Gasteiger partial charge is 0.508 e. The summed E-state index contributed by atoms with van der Waals surface area (Å²) >= 11 is 24.6. The number of phenolic OH excluding ortho intramolecular Hbond substituents is 2. The first-order chi connectivity index (χ1) is 50.5. The van der Waals surface area contributed by atoms with Gasteiger partial charge >= 0.3 is 24.1 Å². The Hall–Kier alpha value is -9.16. The molecule has 1 aliphatic heterocycles. The Morgan fingerprint density at radius 3 is 1.31 bits per heavy atom. The van der Waals surface area contributed by atoms with Crippen molar-refractivity contribution in [1.29, 1.82) is 0 Å². The normalized spacial score (nSPS) is 16.0. The van der Waals surface area contributed by atoms with E-state index in [4.69, 9.17) is 21.4 Å². The summed E-state index contributed by atoms with van der Waals surface area (Å²) in [5, 5.41) is 84.3. The summed E-state index contributed by atoms with van der Waals surface area (Å²) < 4.78 is 31.7. The smallest absolute Gasteiger partial charge is 0.490 e. The highest BCUT2D eigenvalue weighted by atomic mass is 32.1. The second-order valence-corrected chi connectivity index (χ2v) is 25.9. The number of amides is 14. The Kier molecular flexibility index (Phi) is 41.2. The quantitative estimate of drug-likeness (QED) is 0.0275. The molecule has 2 aromatic rings. The summed E-state index contributed by atoms with van der Waals surface area (Å²) in [7, 11) is 0. The van der Waals surface area contributed by atoms with Crippen molar-refractivity contribution in [3.63, 3.8) is 0 Å². The van der Waals surface area contributed by atoms with Gasteiger partial charge in [0.15, 0.2) is 0 Å². The lowest BCUT2D eigenvalue weighted by Crippen LogP contribution is -2.61. The van der Waals surface area contributed by atoms with Crippen molar-refractivity contribution in [1.82, 2.24) is 68.7 Å². The van der Waals surface area contributed by atoms with Gasteiger partial charge in [-0.05, 0) is 68.5 Å². The Balaban J connectivity index is 0.00000537. The number of halogens is 3. The molecule has 0 bridgehead atoms. The van der Waals surface area contributed by atoms with E-state index in [1.54, 1.807) is 0 Å². The fourth-order valence-electron chi connectivity index (χ4n) is 9.41. The number of aromatic hydroxyl groups is 2. The average Bonchev–Trinajstić information content (AvgIpc) is 1.62. The maximum absolute atomic E-state index is 14.2. The molecule has 14 unspecified atom stereocenters. The lowest BCUT2D eigenvalue weighted by Gasteiger charge is -2.30. The van der Waals surface area contributed by atoms with Gasteiger partial charge < -0.3 is 111 Å². The lowest BCUT2D eigenvalue weighted by molar-refractivity contribution is -0.192. The van der Waals surface area contributed by atoms with Crippen LogP contribution in [0.15, 0.2) is 48.5 Å². The number of hydrogen-bond acceptors (Lipinski definition) is 27. The molecule has 0 saturated carbocycles. The molecule has 600 valence electrons. The number of rotatable bonds is 42. The van der Waals surface area contributed by atoms with Crippen LogP contribution in [0.4, 0.5) is 13.2 Å². The van der Waals surface area contributed by atoms with Crippen LogP contribution < -0.4 is 75.3 Å². The van der Waals surface area contributed by atoms with Crippen LogP contribution in [0.25, 0.3) is 0 Å². The number of aliphatic hydroxyl groups excluding tert-OH is 1. The van der Waals surface area contributed by atoms with E-state index in [1.165, 1.54) is 55.5 Å². The van der Waals surface area contributed by atoms with E-state index in [-0.39, 0.29) is 61.0 Å². The minimum Gasteiger partial charge on any atom is -0.508 e. The summed E-state index contributed by atoms with van der Waals surface area (Å²) in [6, 6.07) is -8.90. The third-order valence-corrected chi connectivity index (χ3v) is 17.5. The number of nitrogens with one attached hydrogen (secondary N) is 12. The first kappa shape index (κ1) is 94.9. The number of aliphatic hydroxyl groups is 1. The molecule has 22 N–H and O–H groups in total. The van der Waals surface area contributed by atoms with E-state index in [0.29, 0.717) is 11.1 Å². The van der Waals surface area contributed by atoms with Gasteiger partial charge in [0.25, 0.3) is 0 Å². The number of carbonyl (C=O) groups excluding carboxylic acids is 14. The van der Waals surface area contributed by atoms with Crippen LogP contribution in [0, 0.1) is 0 Å². The van der Waals surface area contributed by atoms with Crippen molar-refractivity contribution in [2.24, 2.45) is 11.5 Å². The number of nitrogens with zero attached hydrogens (tertiary/aromatic N) is 1. The van der Waals surface area contributed by atoms with Gasteiger partial charge in [0.2, 0.25) is 82.7 Å². The third-order valence-electron chi connectivity index (χ3n) is 15.2. The van der Waals surface area contributed by atoms with Gasteiger partial charge in [-0.1, -0.05) is 24.3 Å². The maximum atomic E-state index is 14.2. The minimum atomic E-state index is -5.08. The molecular formula is C61H86F3N15O23S6. The molecule has 1 saturated heterocycles. The molecule has 38 nitrogen and oxygen atoms in total. The van der Waals surface area contributed by atoms with Crippen LogP contribution in [0.1, 0.15) is 57.1 Å². The number of nitrogens with two attached hydrogens (primary N) is 2. The zero-order valence-electron chi connectivity index (χ0n) is 57.4. The summed E-state index contributed by atoms with van der Waals surface area (Å²) in [5.74, 6) is -22.1. The molecular weight excluding hydrogens is 1560 g/mol. The van der Waals surface area contributed by atoms with Crippen molar-refractivity contribution < 1.29 is 125 Å². The van der Waals surface area contributed by atoms with E-state index < -0.39 is 234 Å². The summed E-state index contributed by atoms with van der Waals surface area (Å²) in [6.07, 6.45) is -9.09. The number of alkyl halides is 3. The molecule has 47 heteroatoms. The predicted molar refractivity (Wildman–Crippen MR) is 393 cm³/mol. The zero-order valence-corrected chi connectivity index (χ0v) is 62.7. The van der Waals surface area contributed by atoms with Gasteiger partial charge in [-0.15, -0.1) is 0 Å². The van der Waals surface area contributed by atoms with Gasteiger partial charge in [0.1, 0.15) is 84.0 Å². The van der Waals surface area contributed by atoms with Crippen LogP contribution in [-0.2, 0) is 94.3 Å². The second kappa shape index (κ2) is 46.9. The van der Waals surface area contributed by atoms with Crippen LogP contribution >= 0.6 is 75.8 Å². The standard InChI is InChI=1S/C59H85N15O21S6.C2HF3O2/c1-26(47(82)69-41(25-101)55(90)73-46(27(2)75)57(92)62-19-44(79)64-37(21-97)51(86)68-36(59(94)95)17-29-7-11-31(77)12-8-29)63-56(91)42-4-3-15-74(42)58(93)35(18-43(61)78)67-53(88)39(23-99)72-54(89)40(24-100)71-50(85)34(16-28-5-9-30(76)10-6-28)66-49(84)33(13-14-45(80)81)65-52(87)38(22-98)70-48(83)32(60)20-96;3-2(4,5)1(6)7/h5-12,26-27,32-42,46,75-77,96-101H,3-4,13-25,60H2,1-2H3,(H2,61,78)(H,62,92)(H,63,91)(H,64,79)(H,65,87)(H,66,84)(H,67,88)(H,68,86)(H,69,82)(H,70,83)(H,71,85)(H,72,89)(H,73,90)(H,80,81)(H,94,95);(H,6,7). The molecule has 0 spiro atoms. The van der Waals surface area contributed by atoms with E-state index in [9.17, 15) is 115 Å². The number of aliphatic carboxylic acids is 3. The molecule has 1 aliphatic rings. The molecule has 3 rings (SSSR count). The topological polar surface area (TPSA) is 611 Å². The number of carboxylic acid groups (broad SMARTS) is 3. The van der Waals surface area contributed by atoms with Gasteiger partial charge in [0, 0.05) is 60.3 Å². The van der Waals surface area contributed by atoms with Crippen molar-refractivity contribution >= 4 is 176 Å². The molecule has 14 amide bonds. The van der Waals surface area contributed by atoms with E-state index >= 15 is 0 Å². The van der Waals surface area contributed by atoms with E-state index in [2.05, 4.69) is 140 Å². The zero-order chi connectivity index (χ0) is 82.0. The molecule has 0 radical (unpaired) electrons. The highest BCUT2D eigenvalue weighted by molar-refractivity contribution is 7.81.